The minimum Gasteiger partial charge on any atom is -0.342 e. The zero-order chi connectivity index (χ0) is 21.2. The van der Waals surface area contributed by atoms with Crippen molar-refractivity contribution in [1.82, 2.24) is 20.3 Å². The Labute approximate surface area is 171 Å². The Hall–Kier alpha value is -3.00. The Balaban J connectivity index is 1.81. The number of para-hydroxylation sites is 1. The van der Waals surface area contributed by atoms with Crippen LogP contribution in [0.25, 0.3) is 0 Å². The van der Waals surface area contributed by atoms with Crippen LogP contribution in [0.2, 0.25) is 0 Å². The Bertz CT molecular complexity index is 803. The highest BCUT2D eigenvalue weighted by molar-refractivity contribution is 5.93. The number of carbonyl (C=O) groups is 2. The van der Waals surface area contributed by atoms with Crippen LogP contribution in [0.5, 0.6) is 0 Å². The fourth-order valence-corrected chi connectivity index (χ4v) is 2.99. The van der Waals surface area contributed by atoms with Crippen LogP contribution in [0.4, 0.5) is 11.6 Å². The minimum atomic E-state index is -0.368. The lowest BCUT2D eigenvalue weighted by molar-refractivity contribution is -0.129. The highest BCUT2D eigenvalue weighted by Crippen LogP contribution is 2.22. The number of rotatable bonds is 10. The fraction of sp³-hybridized carbons (Fsp3) is 0.429. The first kappa shape index (κ1) is 22.3. The Kier molecular flexibility index (Phi) is 8.54. The second-order valence-electron chi connectivity index (χ2n) is 7.11. The first-order valence-corrected chi connectivity index (χ1v) is 9.76. The monoisotopic (exact) mass is 399 g/mol. The molecule has 2 rings (SSSR count). The van der Waals surface area contributed by atoms with Gasteiger partial charge in [0.1, 0.15) is 0 Å². The molecule has 1 aromatic heterocycles. The van der Waals surface area contributed by atoms with E-state index in [9.17, 15) is 9.59 Å². The number of anilines is 2. The van der Waals surface area contributed by atoms with Crippen LogP contribution in [0.15, 0.2) is 30.6 Å². The van der Waals surface area contributed by atoms with Crippen molar-refractivity contribution in [1.29, 1.82) is 0 Å². The van der Waals surface area contributed by atoms with E-state index >= 15 is 0 Å². The van der Waals surface area contributed by atoms with Gasteiger partial charge in [-0.1, -0.05) is 31.0 Å². The smallest absolute Gasteiger partial charge is 0.256 e. The lowest BCUT2D eigenvalue weighted by Crippen LogP contribution is -2.28. The van der Waals surface area contributed by atoms with E-state index in [-0.39, 0.29) is 11.8 Å². The van der Waals surface area contributed by atoms with Crippen molar-refractivity contribution < 1.29 is 14.8 Å². The van der Waals surface area contributed by atoms with Crippen LogP contribution in [0.1, 0.15) is 53.6 Å². The number of amides is 2. The Morgan fingerprint density at radius 2 is 1.66 bits per heavy atom. The number of hydrogen-bond acceptors (Lipinski definition) is 6. The third-order valence-corrected chi connectivity index (χ3v) is 4.74. The molecule has 0 spiro atoms. The molecule has 0 bridgehead atoms. The summed E-state index contributed by atoms with van der Waals surface area (Å²) in [6, 6.07) is 6.04. The van der Waals surface area contributed by atoms with Crippen molar-refractivity contribution >= 4 is 23.5 Å². The molecule has 8 nitrogen and oxygen atoms in total. The largest absolute Gasteiger partial charge is 0.342 e. The van der Waals surface area contributed by atoms with Gasteiger partial charge in [0.25, 0.3) is 5.91 Å². The molecule has 8 heteroatoms. The molecular weight excluding hydrogens is 370 g/mol. The van der Waals surface area contributed by atoms with Crippen molar-refractivity contribution in [2.75, 3.05) is 18.9 Å². The van der Waals surface area contributed by atoms with Crippen LogP contribution < -0.4 is 10.8 Å². The summed E-state index contributed by atoms with van der Waals surface area (Å²) >= 11 is 0. The van der Waals surface area contributed by atoms with Gasteiger partial charge in [0, 0.05) is 38.1 Å². The second kappa shape index (κ2) is 11.1. The number of nitrogens with zero attached hydrogens (tertiary/aromatic N) is 3. The van der Waals surface area contributed by atoms with Crippen molar-refractivity contribution in [2.45, 2.75) is 46.0 Å². The van der Waals surface area contributed by atoms with E-state index in [1.165, 1.54) is 12.4 Å². The normalized spacial score (nSPS) is 10.5. The summed E-state index contributed by atoms with van der Waals surface area (Å²) in [6.45, 7) is 4.65. The number of aryl methyl sites for hydroxylation is 2. The van der Waals surface area contributed by atoms with Crippen LogP contribution in [0, 0.1) is 13.8 Å². The van der Waals surface area contributed by atoms with Gasteiger partial charge in [-0.3, -0.25) is 14.8 Å². The topological polar surface area (TPSA) is 107 Å². The molecule has 2 amide bonds. The maximum absolute atomic E-state index is 12.5. The summed E-state index contributed by atoms with van der Waals surface area (Å²) in [5, 5.41) is 11.6. The molecule has 29 heavy (non-hydrogen) atoms. The molecule has 0 fully saturated rings. The molecule has 2 aromatic rings. The number of benzene rings is 1. The standard InChI is InChI=1S/C21H29N5O3/c1-15-9-8-10-16(2)19(15)24-21-22-13-17(14-23-21)20(28)26(3)12-7-5-4-6-11-18(27)25-29/h8-10,13-14,29H,4-7,11-12H2,1-3H3,(H,25,27)(H,22,23,24). The molecular formula is C21H29N5O3. The van der Waals surface area contributed by atoms with E-state index in [0.717, 1.165) is 36.1 Å². The predicted octanol–water partition coefficient (Wildman–Crippen LogP) is 3.36. The summed E-state index contributed by atoms with van der Waals surface area (Å²) in [5.41, 5.74) is 5.24. The zero-order valence-electron chi connectivity index (χ0n) is 17.2. The molecule has 1 heterocycles. The number of carbonyl (C=O) groups excluding carboxylic acids is 2. The van der Waals surface area contributed by atoms with E-state index in [1.807, 2.05) is 32.0 Å². The summed E-state index contributed by atoms with van der Waals surface area (Å²) in [4.78, 5) is 33.6. The van der Waals surface area contributed by atoms with E-state index in [4.69, 9.17) is 5.21 Å². The maximum atomic E-state index is 12.5. The molecule has 0 aliphatic heterocycles. The van der Waals surface area contributed by atoms with Crippen molar-refractivity contribution in [3.8, 4) is 0 Å². The molecule has 1 aromatic carbocycles. The van der Waals surface area contributed by atoms with E-state index in [2.05, 4.69) is 15.3 Å². The minimum absolute atomic E-state index is 0.122. The maximum Gasteiger partial charge on any atom is 0.256 e. The first-order chi connectivity index (χ1) is 13.9. The van der Waals surface area contributed by atoms with Gasteiger partial charge in [0.2, 0.25) is 11.9 Å². The molecule has 0 aliphatic rings. The zero-order valence-corrected chi connectivity index (χ0v) is 17.2. The lowest BCUT2D eigenvalue weighted by atomic mass is 10.1. The molecule has 0 unspecified atom stereocenters. The van der Waals surface area contributed by atoms with Crippen molar-refractivity contribution in [3.05, 3.63) is 47.3 Å². The molecule has 3 N–H and O–H groups in total. The van der Waals surface area contributed by atoms with Gasteiger partial charge in [0.15, 0.2) is 0 Å². The molecule has 0 aliphatic carbocycles. The average Bonchev–Trinajstić information content (AvgIpc) is 2.72. The fourth-order valence-electron chi connectivity index (χ4n) is 2.99. The number of nitrogens with one attached hydrogen (secondary N) is 2. The van der Waals surface area contributed by atoms with Crippen LogP contribution >= 0.6 is 0 Å². The van der Waals surface area contributed by atoms with Crippen molar-refractivity contribution in [2.24, 2.45) is 0 Å². The summed E-state index contributed by atoms with van der Waals surface area (Å²) in [7, 11) is 1.75. The third kappa shape index (κ3) is 6.83. The summed E-state index contributed by atoms with van der Waals surface area (Å²) < 4.78 is 0. The Morgan fingerprint density at radius 1 is 1.03 bits per heavy atom. The number of hydroxylamine groups is 1. The highest BCUT2D eigenvalue weighted by Gasteiger charge is 2.13. The van der Waals surface area contributed by atoms with Gasteiger partial charge in [0.05, 0.1) is 5.56 Å². The highest BCUT2D eigenvalue weighted by atomic mass is 16.5. The van der Waals surface area contributed by atoms with Crippen LogP contribution in [0.3, 0.4) is 0 Å². The molecule has 0 saturated heterocycles. The van der Waals surface area contributed by atoms with Gasteiger partial charge in [-0.25, -0.2) is 15.4 Å². The van der Waals surface area contributed by atoms with E-state index < -0.39 is 0 Å². The molecule has 156 valence electrons. The van der Waals surface area contributed by atoms with Crippen LogP contribution in [-0.2, 0) is 4.79 Å². The van der Waals surface area contributed by atoms with E-state index in [0.29, 0.717) is 30.9 Å². The van der Waals surface area contributed by atoms with E-state index in [1.54, 1.807) is 17.4 Å². The van der Waals surface area contributed by atoms with Gasteiger partial charge >= 0.3 is 0 Å². The van der Waals surface area contributed by atoms with Gasteiger partial charge < -0.3 is 10.2 Å². The van der Waals surface area contributed by atoms with Gasteiger partial charge in [-0.2, -0.15) is 0 Å². The quantitative estimate of drug-likeness (QED) is 0.321. The molecule has 0 radical (unpaired) electrons. The SMILES string of the molecule is Cc1cccc(C)c1Nc1ncc(C(=O)N(C)CCCCCCC(=O)NO)cn1. The predicted molar refractivity (Wildman–Crippen MR) is 111 cm³/mol. The molecule has 0 atom stereocenters. The van der Waals surface area contributed by atoms with Gasteiger partial charge in [-0.05, 0) is 37.8 Å². The van der Waals surface area contributed by atoms with Crippen molar-refractivity contribution in [3.63, 3.8) is 0 Å². The number of aromatic nitrogens is 2. The first-order valence-electron chi connectivity index (χ1n) is 9.76. The molecule has 0 saturated carbocycles. The number of unbranched alkanes of at least 4 members (excludes halogenated alkanes) is 3. The third-order valence-electron chi connectivity index (χ3n) is 4.74. The summed E-state index contributed by atoms with van der Waals surface area (Å²) in [6.07, 6.45) is 6.72. The van der Waals surface area contributed by atoms with Gasteiger partial charge in [-0.15, -0.1) is 0 Å². The average molecular weight is 399 g/mol. The van der Waals surface area contributed by atoms with Crippen LogP contribution in [-0.4, -0.2) is 45.5 Å². The Morgan fingerprint density at radius 3 is 2.28 bits per heavy atom. The second-order valence-corrected chi connectivity index (χ2v) is 7.11. The number of hydrogen-bond donors (Lipinski definition) is 3. The lowest BCUT2D eigenvalue weighted by Gasteiger charge is -2.17. The summed E-state index contributed by atoms with van der Waals surface area (Å²) in [5.74, 6) is -0.0374.